The Morgan fingerprint density at radius 3 is 2.67 bits per heavy atom. The Balaban J connectivity index is 1.64. The van der Waals surface area contributed by atoms with E-state index < -0.39 is 0 Å². The molecule has 7 nitrogen and oxygen atoms in total. The number of aromatic nitrogens is 3. The zero-order valence-corrected chi connectivity index (χ0v) is 15.8. The molecular formula is C18H15Cl2N5O2. The van der Waals surface area contributed by atoms with Crippen LogP contribution in [0.3, 0.4) is 0 Å². The topological polar surface area (TPSA) is 92.3 Å². The van der Waals surface area contributed by atoms with Gasteiger partial charge in [0.2, 0.25) is 5.95 Å². The van der Waals surface area contributed by atoms with Crippen molar-refractivity contribution in [2.75, 3.05) is 5.43 Å². The predicted octanol–water partition coefficient (Wildman–Crippen LogP) is 3.81. The lowest BCUT2D eigenvalue weighted by Gasteiger charge is -2.09. The van der Waals surface area contributed by atoms with Gasteiger partial charge in [-0.05, 0) is 36.8 Å². The van der Waals surface area contributed by atoms with E-state index in [9.17, 15) is 4.79 Å². The number of H-pyrrole nitrogens is 1. The fourth-order valence-electron chi connectivity index (χ4n) is 2.12. The quantitative estimate of drug-likeness (QED) is 0.482. The lowest BCUT2D eigenvalue weighted by atomic mass is 10.2. The average molecular weight is 404 g/mol. The molecule has 0 bridgehead atoms. The summed E-state index contributed by atoms with van der Waals surface area (Å²) in [5.41, 5.74) is 4.09. The molecule has 0 aliphatic carbocycles. The molecule has 0 aliphatic heterocycles. The van der Waals surface area contributed by atoms with Crippen molar-refractivity contribution in [3.63, 3.8) is 0 Å². The predicted molar refractivity (Wildman–Crippen MR) is 106 cm³/mol. The van der Waals surface area contributed by atoms with Crippen LogP contribution in [-0.4, -0.2) is 21.4 Å². The van der Waals surface area contributed by atoms with Gasteiger partial charge in [0.25, 0.3) is 5.56 Å². The Bertz CT molecular complexity index is 1020. The third-order valence-corrected chi connectivity index (χ3v) is 4.26. The van der Waals surface area contributed by atoms with Crippen LogP contribution in [0.5, 0.6) is 5.75 Å². The van der Waals surface area contributed by atoms with E-state index in [1.165, 1.54) is 0 Å². The van der Waals surface area contributed by atoms with E-state index in [2.05, 4.69) is 25.7 Å². The highest BCUT2D eigenvalue weighted by atomic mass is 35.5. The minimum atomic E-state index is -0.323. The summed E-state index contributed by atoms with van der Waals surface area (Å²) in [6.07, 6.45) is 1.56. The molecule has 0 atom stereocenters. The van der Waals surface area contributed by atoms with Crippen molar-refractivity contribution in [3.8, 4) is 5.75 Å². The molecule has 0 aliphatic rings. The summed E-state index contributed by atoms with van der Waals surface area (Å²) >= 11 is 12.3. The molecule has 2 aromatic carbocycles. The Morgan fingerprint density at radius 2 is 1.93 bits per heavy atom. The van der Waals surface area contributed by atoms with Crippen LogP contribution in [0.4, 0.5) is 5.95 Å². The minimum absolute atomic E-state index is 0.155. The number of aryl methyl sites for hydroxylation is 1. The maximum Gasteiger partial charge on any atom is 0.274 e. The first-order valence-electron chi connectivity index (χ1n) is 7.91. The molecule has 1 aromatic heterocycles. The second kappa shape index (κ2) is 8.66. The Morgan fingerprint density at radius 1 is 1.19 bits per heavy atom. The molecule has 0 saturated carbocycles. The highest BCUT2D eigenvalue weighted by Gasteiger charge is 2.06. The summed E-state index contributed by atoms with van der Waals surface area (Å²) in [6.45, 7) is 1.82. The first-order chi connectivity index (χ1) is 13.0. The van der Waals surface area contributed by atoms with E-state index in [0.717, 1.165) is 11.1 Å². The maximum atomic E-state index is 11.5. The summed E-state index contributed by atoms with van der Waals surface area (Å²) in [7, 11) is 0. The third-order valence-electron chi connectivity index (χ3n) is 3.55. The Kier molecular flexibility index (Phi) is 6.05. The molecule has 0 saturated heterocycles. The van der Waals surface area contributed by atoms with Crippen LogP contribution < -0.4 is 15.7 Å². The molecule has 0 unspecified atom stereocenters. The smallest absolute Gasteiger partial charge is 0.274 e. The van der Waals surface area contributed by atoms with Gasteiger partial charge in [-0.3, -0.25) is 9.78 Å². The standard InChI is InChI=1S/C18H15Cl2N5O2/c1-11-17(26)22-18(25-23-11)24-21-9-12-4-2-5-13(8-12)27-10-14-15(19)6-3-7-16(14)20/h2-9H,10H2,1H3,(H2,22,24,25,26)/b21-9+. The Labute approximate surface area is 165 Å². The zero-order valence-electron chi connectivity index (χ0n) is 14.2. The summed E-state index contributed by atoms with van der Waals surface area (Å²) in [5, 5.41) is 12.6. The van der Waals surface area contributed by atoms with Gasteiger partial charge >= 0.3 is 0 Å². The fraction of sp³-hybridized carbons (Fsp3) is 0.111. The number of rotatable bonds is 6. The van der Waals surface area contributed by atoms with Crippen molar-refractivity contribution in [3.05, 3.63) is 79.7 Å². The summed E-state index contributed by atoms with van der Waals surface area (Å²) in [4.78, 5) is 14.0. The van der Waals surface area contributed by atoms with Crippen LogP contribution >= 0.6 is 23.2 Å². The van der Waals surface area contributed by atoms with Crippen LogP contribution in [0.15, 0.2) is 52.4 Å². The first-order valence-corrected chi connectivity index (χ1v) is 8.67. The number of ether oxygens (including phenoxy) is 1. The van der Waals surface area contributed by atoms with Crippen LogP contribution in [0.25, 0.3) is 0 Å². The largest absolute Gasteiger partial charge is 0.489 e. The van der Waals surface area contributed by atoms with Crippen molar-refractivity contribution in [1.82, 2.24) is 15.2 Å². The Hall–Kier alpha value is -2.90. The highest BCUT2D eigenvalue weighted by molar-refractivity contribution is 6.35. The summed E-state index contributed by atoms with van der Waals surface area (Å²) < 4.78 is 5.77. The van der Waals surface area contributed by atoms with E-state index in [4.69, 9.17) is 27.9 Å². The molecule has 0 amide bonds. The van der Waals surface area contributed by atoms with Crippen LogP contribution in [-0.2, 0) is 6.61 Å². The highest BCUT2D eigenvalue weighted by Crippen LogP contribution is 2.26. The molecule has 27 heavy (non-hydrogen) atoms. The SMILES string of the molecule is Cc1nnc(N/N=C/c2cccc(OCc3c(Cl)cccc3Cl)c2)[nH]c1=O. The number of aromatic amines is 1. The number of hydrogen-bond donors (Lipinski definition) is 2. The van der Waals surface area contributed by atoms with Crippen LogP contribution in [0.2, 0.25) is 10.0 Å². The molecule has 0 fully saturated rings. The monoisotopic (exact) mass is 403 g/mol. The van der Waals surface area contributed by atoms with Gasteiger partial charge in [-0.15, -0.1) is 10.2 Å². The fourth-order valence-corrected chi connectivity index (χ4v) is 2.63. The van der Waals surface area contributed by atoms with Crippen LogP contribution in [0.1, 0.15) is 16.8 Å². The van der Waals surface area contributed by atoms with Crippen molar-refractivity contribution in [2.45, 2.75) is 13.5 Å². The summed E-state index contributed by atoms with van der Waals surface area (Å²) in [5.74, 6) is 0.793. The van der Waals surface area contributed by atoms with Gasteiger partial charge in [-0.1, -0.05) is 41.4 Å². The molecule has 138 valence electrons. The maximum absolute atomic E-state index is 11.5. The molecular weight excluding hydrogens is 389 g/mol. The average Bonchev–Trinajstić information content (AvgIpc) is 2.65. The molecule has 9 heteroatoms. The van der Waals surface area contributed by atoms with Gasteiger partial charge in [-0.25, -0.2) is 5.43 Å². The molecule has 1 heterocycles. The van der Waals surface area contributed by atoms with Crippen molar-refractivity contribution in [1.29, 1.82) is 0 Å². The van der Waals surface area contributed by atoms with E-state index in [0.29, 0.717) is 15.8 Å². The molecule has 0 radical (unpaired) electrons. The minimum Gasteiger partial charge on any atom is -0.489 e. The molecule has 0 spiro atoms. The molecule has 2 N–H and O–H groups in total. The van der Waals surface area contributed by atoms with E-state index >= 15 is 0 Å². The normalized spacial score (nSPS) is 10.9. The van der Waals surface area contributed by atoms with Crippen molar-refractivity contribution < 1.29 is 4.74 Å². The number of nitrogens with one attached hydrogen (secondary N) is 2. The van der Waals surface area contributed by atoms with Gasteiger partial charge in [0.15, 0.2) is 0 Å². The number of anilines is 1. The van der Waals surface area contributed by atoms with Gasteiger partial charge < -0.3 is 4.74 Å². The van der Waals surface area contributed by atoms with Crippen LogP contribution in [0, 0.1) is 6.92 Å². The number of benzene rings is 2. The van der Waals surface area contributed by atoms with Gasteiger partial charge in [0.1, 0.15) is 18.1 Å². The number of halogens is 2. The number of hydrogen-bond acceptors (Lipinski definition) is 6. The van der Waals surface area contributed by atoms with Gasteiger partial charge in [0.05, 0.1) is 6.21 Å². The van der Waals surface area contributed by atoms with Gasteiger partial charge in [-0.2, -0.15) is 5.10 Å². The number of nitrogens with zero attached hydrogens (tertiary/aromatic N) is 3. The lowest BCUT2D eigenvalue weighted by molar-refractivity contribution is 0.306. The van der Waals surface area contributed by atoms with Gasteiger partial charge in [0, 0.05) is 15.6 Å². The second-order valence-electron chi connectivity index (χ2n) is 5.52. The zero-order chi connectivity index (χ0) is 19.2. The lowest BCUT2D eigenvalue weighted by Crippen LogP contribution is -2.15. The molecule has 3 aromatic rings. The van der Waals surface area contributed by atoms with E-state index in [1.807, 2.05) is 18.2 Å². The first kappa shape index (κ1) is 18.9. The van der Waals surface area contributed by atoms with Crippen molar-refractivity contribution in [2.24, 2.45) is 5.10 Å². The van der Waals surface area contributed by atoms with E-state index in [-0.39, 0.29) is 23.8 Å². The summed E-state index contributed by atoms with van der Waals surface area (Å²) in [6, 6.07) is 12.6. The number of hydrazone groups is 1. The third kappa shape index (κ3) is 5.06. The van der Waals surface area contributed by atoms with E-state index in [1.54, 1.807) is 37.4 Å². The molecule has 3 rings (SSSR count). The van der Waals surface area contributed by atoms with Crippen molar-refractivity contribution >= 4 is 35.4 Å². The second-order valence-corrected chi connectivity index (χ2v) is 6.33.